The first-order chi connectivity index (χ1) is 26.1. The molecule has 0 aromatic rings. The molecule has 54 heavy (non-hydrogen) atoms. The average Bonchev–Trinajstić information content (AvgIpc) is 4.08. The van der Waals surface area contributed by atoms with Crippen LogP contribution in [0.2, 0.25) is 0 Å². The van der Waals surface area contributed by atoms with Crippen LogP contribution >= 0.6 is 11.8 Å². The summed E-state index contributed by atoms with van der Waals surface area (Å²) in [5, 5.41) is 11.9. The molecule has 11 atom stereocenters. The summed E-state index contributed by atoms with van der Waals surface area (Å²) < 4.78 is 40.8. The number of esters is 1. The number of ketones is 1. The summed E-state index contributed by atoms with van der Waals surface area (Å²) in [4.78, 5) is 62.4. The molecule has 16 nitrogen and oxygen atoms in total. The van der Waals surface area contributed by atoms with Gasteiger partial charge in [-0.25, -0.2) is 14.4 Å². The monoisotopic (exact) mass is 774 g/mol. The van der Waals surface area contributed by atoms with Crippen molar-refractivity contribution in [3.63, 3.8) is 0 Å². The smallest absolute Gasteiger partial charge is 0.407 e. The highest BCUT2D eigenvalue weighted by Crippen LogP contribution is 2.81. The molecule has 0 aromatic carbocycles. The van der Waals surface area contributed by atoms with Crippen LogP contribution in [0.15, 0.2) is 11.1 Å². The van der Waals surface area contributed by atoms with Crippen LogP contribution in [0.25, 0.3) is 0 Å². The number of unbranched alkanes of at least 4 members (excludes halogenated alkanes) is 1. The van der Waals surface area contributed by atoms with Gasteiger partial charge in [-0.1, -0.05) is 13.3 Å². The highest BCUT2D eigenvalue weighted by Gasteiger charge is 3.00. The highest BCUT2D eigenvalue weighted by atomic mass is 32.2. The molecule has 6 aliphatic heterocycles. The molecule has 9 rings (SSSR count). The molecule has 2 spiro atoms. The number of alkyl carbamates (subject to hydrolysis) is 1. The van der Waals surface area contributed by atoms with Gasteiger partial charge in [0.1, 0.15) is 24.4 Å². The standard InChI is InChI=1S/C37H50N4O12S/c1-34-9-7-20-21(18-50-30(20)43)22(34)17-25-36(51-25)31(44)35(28(52-35)29-37(34,36)53-29)8-4-12-49-33(46)39-11-14-48-16-15-47-13-10-38-26(42)6-3-2-5-24-27-23(19-54-24)40-32(45)41-27/h22-25,27-29H,2-19H2,1H3,(H,38,42)(H,39,46)(H2,40,41,45)/t22-,23-,24-,25-,27-,28-,29-,34-,35-,36+,37+/m0/s1. The topological polar surface area (TPSA) is 208 Å². The minimum atomic E-state index is -1.01. The van der Waals surface area contributed by atoms with Crippen LogP contribution in [0.3, 0.4) is 0 Å². The number of hydrogen-bond donors (Lipinski definition) is 4. The molecule has 2 saturated carbocycles. The summed E-state index contributed by atoms with van der Waals surface area (Å²) >= 11 is 1.89. The van der Waals surface area contributed by atoms with E-state index < -0.39 is 22.9 Å². The summed E-state index contributed by atoms with van der Waals surface area (Å²) in [6, 6.07) is 0.348. The van der Waals surface area contributed by atoms with Crippen molar-refractivity contribution in [2.45, 2.75) is 117 Å². The third kappa shape index (κ3) is 5.77. The van der Waals surface area contributed by atoms with Crippen molar-refractivity contribution in [3.8, 4) is 0 Å². The molecule has 9 aliphatic rings. The number of nitrogens with one attached hydrogen (secondary N) is 4. The average molecular weight is 775 g/mol. The number of epoxide rings is 3. The quantitative estimate of drug-likeness (QED) is 0.0666. The first-order valence-corrected chi connectivity index (χ1v) is 20.7. The van der Waals surface area contributed by atoms with Crippen LogP contribution in [0.5, 0.6) is 0 Å². The van der Waals surface area contributed by atoms with Gasteiger partial charge in [0.25, 0.3) is 0 Å². The number of thioether (sulfide) groups is 1. The zero-order chi connectivity index (χ0) is 37.3. The van der Waals surface area contributed by atoms with Crippen LogP contribution in [-0.2, 0) is 47.5 Å². The maximum atomic E-state index is 14.2. The second-order valence-electron chi connectivity index (χ2n) is 16.3. The number of carbonyl (C=O) groups excluding carboxylic acids is 5. The molecule has 6 heterocycles. The summed E-state index contributed by atoms with van der Waals surface area (Å²) in [6.07, 6.45) is 4.73. The largest absolute Gasteiger partial charge is 0.458 e. The molecular formula is C37H50N4O12S. The first-order valence-electron chi connectivity index (χ1n) is 19.6. The van der Waals surface area contributed by atoms with Crippen molar-refractivity contribution in [2.24, 2.45) is 11.3 Å². The molecule has 0 unspecified atom stereocenters. The van der Waals surface area contributed by atoms with Crippen LogP contribution in [-0.4, -0.2) is 141 Å². The van der Waals surface area contributed by atoms with Crippen LogP contribution in [0, 0.1) is 11.3 Å². The third-order valence-corrected chi connectivity index (χ3v) is 15.0. The van der Waals surface area contributed by atoms with Gasteiger partial charge in [-0.05, 0) is 56.4 Å². The summed E-state index contributed by atoms with van der Waals surface area (Å²) in [6.45, 7) is 4.74. The Labute approximate surface area is 317 Å². The minimum Gasteiger partial charge on any atom is -0.458 e. The molecule has 4 amide bonds. The van der Waals surface area contributed by atoms with Gasteiger partial charge >= 0.3 is 18.1 Å². The lowest BCUT2D eigenvalue weighted by Gasteiger charge is -2.51. The molecule has 296 valence electrons. The zero-order valence-electron chi connectivity index (χ0n) is 30.6. The van der Waals surface area contributed by atoms with E-state index in [1.165, 1.54) is 0 Å². The number of fused-ring (bicyclic) bond motifs is 5. The summed E-state index contributed by atoms with van der Waals surface area (Å²) in [5.41, 5.74) is -1.20. The Hall–Kier alpha value is -2.96. The fourth-order valence-corrected chi connectivity index (χ4v) is 12.3. The Morgan fingerprint density at radius 1 is 0.944 bits per heavy atom. The molecule has 3 aliphatic carbocycles. The second-order valence-corrected chi connectivity index (χ2v) is 17.5. The van der Waals surface area contributed by atoms with Crippen molar-refractivity contribution < 1.29 is 57.1 Å². The van der Waals surface area contributed by atoms with E-state index in [1.807, 2.05) is 11.8 Å². The summed E-state index contributed by atoms with van der Waals surface area (Å²) in [5.74, 6) is 0.774. The van der Waals surface area contributed by atoms with Gasteiger partial charge in [-0.15, -0.1) is 0 Å². The van der Waals surface area contributed by atoms with Crippen LogP contribution in [0.4, 0.5) is 9.59 Å². The normalized spacial score (nSPS) is 41.1. The molecule has 0 bridgehead atoms. The minimum absolute atomic E-state index is 0.00603. The fraction of sp³-hybridized carbons (Fsp3) is 0.811. The van der Waals surface area contributed by atoms with E-state index in [9.17, 15) is 24.0 Å². The van der Waals surface area contributed by atoms with Gasteiger partial charge in [-0.3, -0.25) is 9.59 Å². The van der Waals surface area contributed by atoms with Gasteiger partial charge in [0.05, 0.1) is 51.2 Å². The van der Waals surface area contributed by atoms with E-state index in [-0.39, 0.29) is 78.6 Å². The number of hydrogen-bond acceptors (Lipinski definition) is 13. The fourth-order valence-electron chi connectivity index (χ4n) is 10.8. The predicted molar refractivity (Wildman–Crippen MR) is 188 cm³/mol. The van der Waals surface area contributed by atoms with E-state index in [0.29, 0.717) is 76.9 Å². The molecule has 0 aromatic heterocycles. The molecule has 5 saturated heterocycles. The zero-order valence-corrected chi connectivity index (χ0v) is 31.4. The Bertz CT molecular complexity index is 1630. The lowest BCUT2D eigenvalue weighted by molar-refractivity contribution is -0.138. The maximum Gasteiger partial charge on any atom is 0.407 e. The molecule has 7 fully saturated rings. The molecular weight excluding hydrogens is 724 g/mol. The van der Waals surface area contributed by atoms with Crippen molar-refractivity contribution >= 4 is 41.5 Å². The van der Waals surface area contributed by atoms with E-state index >= 15 is 0 Å². The van der Waals surface area contributed by atoms with Gasteiger partial charge in [-0.2, -0.15) is 11.8 Å². The number of urea groups is 1. The maximum absolute atomic E-state index is 14.2. The number of Topliss-reactive ketones (excluding diaryl/α,β-unsaturated/α-hetero) is 1. The van der Waals surface area contributed by atoms with Crippen molar-refractivity contribution in [2.75, 3.05) is 58.5 Å². The second kappa shape index (κ2) is 13.9. The summed E-state index contributed by atoms with van der Waals surface area (Å²) in [7, 11) is 0. The van der Waals surface area contributed by atoms with Gasteiger partial charge in [0.2, 0.25) is 11.7 Å². The first kappa shape index (κ1) is 36.7. The third-order valence-electron chi connectivity index (χ3n) is 13.5. The van der Waals surface area contributed by atoms with Gasteiger partial charge in [0.15, 0.2) is 11.2 Å². The molecule has 4 N–H and O–H groups in total. The highest BCUT2D eigenvalue weighted by molar-refractivity contribution is 8.00. The number of ether oxygens (including phenoxy) is 7. The van der Waals surface area contributed by atoms with E-state index in [2.05, 4.69) is 28.2 Å². The molecule has 17 heteroatoms. The van der Waals surface area contributed by atoms with Crippen LogP contribution < -0.4 is 21.3 Å². The van der Waals surface area contributed by atoms with E-state index in [1.54, 1.807) is 0 Å². The van der Waals surface area contributed by atoms with Gasteiger partial charge < -0.3 is 54.4 Å². The van der Waals surface area contributed by atoms with Crippen molar-refractivity contribution in [1.29, 1.82) is 0 Å². The van der Waals surface area contributed by atoms with E-state index in [0.717, 1.165) is 42.6 Å². The predicted octanol–water partition coefficient (Wildman–Crippen LogP) is 1.04. The Kier molecular flexibility index (Phi) is 9.44. The van der Waals surface area contributed by atoms with Crippen LogP contribution in [0.1, 0.15) is 64.7 Å². The Morgan fingerprint density at radius 3 is 2.59 bits per heavy atom. The van der Waals surface area contributed by atoms with Crippen molar-refractivity contribution in [3.05, 3.63) is 11.1 Å². The number of amides is 4. The number of carbonyl (C=O) groups is 5. The lowest BCUT2D eigenvalue weighted by Crippen LogP contribution is -2.66. The lowest BCUT2D eigenvalue weighted by atomic mass is 9.47. The Morgan fingerprint density at radius 2 is 1.76 bits per heavy atom. The van der Waals surface area contributed by atoms with Gasteiger partial charge in [0, 0.05) is 41.5 Å². The van der Waals surface area contributed by atoms with Crippen molar-refractivity contribution in [1.82, 2.24) is 21.3 Å². The number of cyclic esters (lactones) is 1. The molecule has 0 radical (unpaired) electrons. The SMILES string of the molecule is C[C@]12CCC3=C(COC3=O)[C@@H]1C[C@@H]1O[C@@]13C(=O)[C@@]1(CCCOC(=O)NCCOCCOCCNC(=O)CCCC[C@@H]4SC[C@@H]5NC(=O)N[C@@H]54)O[C@H]1[C@@H]1O[C@]123. The number of rotatable bonds is 18. The Balaban J connectivity index is 0.601. The van der Waals surface area contributed by atoms with E-state index in [4.69, 9.17) is 33.2 Å².